The lowest BCUT2D eigenvalue weighted by Crippen LogP contribution is -2.38. The van der Waals surface area contributed by atoms with E-state index < -0.39 is 5.97 Å². The van der Waals surface area contributed by atoms with Crippen LogP contribution in [0.5, 0.6) is 5.75 Å². The molecule has 1 saturated carbocycles. The molecular weight excluding hydrogens is 576 g/mol. The maximum Gasteiger partial charge on any atom is 0.339 e. The van der Waals surface area contributed by atoms with E-state index in [4.69, 9.17) is 9.72 Å². The summed E-state index contributed by atoms with van der Waals surface area (Å²) in [5.41, 5.74) is 7.81. The van der Waals surface area contributed by atoms with Gasteiger partial charge in [0.2, 0.25) is 5.91 Å². The molecule has 1 N–H and O–H groups in total. The quantitative estimate of drug-likeness (QED) is 0.209. The highest BCUT2D eigenvalue weighted by Gasteiger charge is 2.35. The number of fused-ring (bicyclic) bond motifs is 1. The van der Waals surface area contributed by atoms with E-state index in [-0.39, 0.29) is 17.6 Å². The zero-order valence-electron chi connectivity index (χ0n) is 26.9. The van der Waals surface area contributed by atoms with Crippen molar-refractivity contribution in [2.75, 3.05) is 13.1 Å². The third kappa shape index (κ3) is 5.70. The van der Waals surface area contributed by atoms with E-state index >= 15 is 0 Å². The summed E-state index contributed by atoms with van der Waals surface area (Å²) in [4.78, 5) is 31.5. The lowest BCUT2D eigenvalue weighted by molar-refractivity contribution is -0.133. The Labute approximate surface area is 270 Å². The zero-order chi connectivity index (χ0) is 31.9. The summed E-state index contributed by atoms with van der Waals surface area (Å²) in [6.45, 7) is 7.86. The van der Waals surface area contributed by atoms with Crippen molar-refractivity contribution in [3.8, 4) is 22.8 Å². The predicted octanol–water partition coefficient (Wildman–Crippen LogP) is 7.50. The Morgan fingerprint density at radius 1 is 1.00 bits per heavy atom. The first-order valence-electron chi connectivity index (χ1n) is 16.8. The van der Waals surface area contributed by atoms with Gasteiger partial charge in [-0.05, 0) is 97.7 Å². The molecule has 238 valence electrons. The molecule has 0 radical (unpaired) electrons. The molecule has 1 atom stereocenters. The standard InChI is InChI=1S/C38H42N4O4/c1-4-24-21-28(14-15-29(24)25-17-19-41(20-18-25)37(43)27-11-12-27)46-33-16-13-26-7-5-8-30(35(26)33)32-9-6-10-34(40-32)42-36(23(2)3)31(22-39-42)38(44)45/h5-10,14-15,21-23,25,27,33H,4,11-13,16-20H2,1-3H3,(H,44,45). The maximum atomic E-state index is 12.6. The average molecular weight is 619 g/mol. The molecule has 1 aliphatic heterocycles. The molecule has 1 saturated heterocycles. The van der Waals surface area contributed by atoms with Crippen LogP contribution in [0.2, 0.25) is 0 Å². The van der Waals surface area contributed by atoms with E-state index in [9.17, 15) is 14.7 Å². The molecule has 4 aromatic rings. The highest BCUT2D eigenvalue weighted by Crippen LogP contribution is 2.42. The number of rotatable bonds is 9. The number of carboxylic acid groups (broad SMARTS) is 1. The molecule has 2 aromatic carbocycles. The lowest BCUT2D eigenvalue weighted by Gasteiger charge is -2.33. The number of aromatic carboxylic acids is 1. The Morgan fingerprint density at radius 2 is 1.78 bits per heavy atom. The van der Waals surface area contributed by atoms with Crippen molar-refractivity contribution in [3.05, 3.63) is 94.3 Å². The number of aromatic nitrogens is 3. The molecule has 0 bridgehead atoms. The lowest BCUT2D eigenvalue weighted by atomic mass is 9.85. The Kier molecular flexibility index (Phi) is 8.13. The number of ether oxygens (including phenoxy) is 1. The first-order valence-corrected chi connectivity index (χ1v) is 16.8. The first-order chi connectivity index (χ1) is 22.3. The molecule has 2 aliphatic carbocycles. The second-order valence-electron chi connectivity index (χ2n) is 13.3. The van der Waals surface area contributed by atoms with E-state index in [0.717, 1.165) is 80.6 Å². The summed E-state index contributed by atoms with van der Waals surface area (Å²) in [5.74, 6) is 1.58. The molecular formula is C38H42N4O4. The van der Waals surface area contributed by atoms with E-state index in [1.54, 1.807) is 4.68 Å². The van der Waals surface area contributed by atoms with Crippen LogP contribution in [0, 0.1) is 5.92 Å². The summed E-state index contributed by atoms with van der Waals surface area (Å²) in [7, 11) is 0. The molecule has 46 heavy (non-hydrogen) atoms. The molecule has 7 rings (SSSR count). The van der Waals surface area contributed by atoms with Gasteiger partial charge in [0.15, 0.2) is 5.82 Å². The van der Waals surface area contributed by atoms with E-state index in [1.165, 1.54) is 22.9 Å². The number of likely N-dealkylation sites (tertiary alicyclic amines) is 1. The molecule has 3 heterocycles. The molecule has 0 spiro atoms. The Balaban J connectivity index is 1.13. The van der Waals surface area contributed by atoms with Crippen molar-refractivity contribution >= 4 is 11.9 Å². The monoisotopic (exact) mass is 618 g/mol. The number of hydrogen-bond acceptors (Lipinski definition) is 5. The number of nitrogens with zero attached hydrogens (tertiary/aromatic N) is 4. The average Bonchev–Trinajstić information content (AvgIpc) is 3.69. The minimum atomic E-state index is -0.989. The number of aryl methyl sites for hydroxylation is 2. The third-order valence-corrected chi connectivity index (χ3v) is 9.95. The van der Waals surface area contributed by atoms with Gasteiger partial charge in [0.1, 0.15) is 17.4 Å². The van der Waals surface area contributed by atoms with Crippen LogP contribution in [-0.4, -0.2) is 49.7 Å². The number of pyridine rings is 1. The van der Waals surface area contributed by atoms with E-state index in [0.29, 0.717) is 29.3 Å². The van der Waals surface area contributed by atoms with Gasteiger partial charge < -0.3 is 14.7 Å². The molecule has 2 fully saturated rings. The Hall–Kier alpha value is -4.46. The SMILES string of the molecule is CCc1cc(OC2CCc3cccc(-c4cccc(-n5ncc(C(=O)O)c5C(C)C)n4)c32)ccc1C1CCN(C(=O)C2CC2)CC1. The summed E-state index contributed by atoms with van der Waals surface area (Å²) in [5, 5.41) is 14.1. The fourth-order valence-electron chi connectivity index (χ4n) is 7.46. The molecule has 8 nitrogen and oxygen atoms in total. The molecule has 2 aromatic heterocycles. The summed E-state index contributed by atoms with van der Waals surface area (Å²) in [6, 6.07) is 18.8. The van der Waals surface area contributed by atoms with Gasteiger partial charge in [-0.25, -0.2) is 14.5 Å². The maximum absolute atomic E-state index is 12.6. The van der Waals surface area contributed by atoms with Crippen LogP contribution < -0.4 is 4.74 Å². The number of benzene rings is 2. The van der Waals surface area contributed by atoms with Crippen LogP contribution in [0.1, 0.15) is 109 Å². The van der Waals surface area contributed by atoms with Crippen molar-refractivity contribution < 1.29 is 19.4 Å². The number of amides is 1. The van der Waals surface area contributed by atoms with Gasteiger partial charge >= 0.3 is 5.97 Å². The van der Waals surface area contributed by atoms with Crippen LogP contribution >= 0.6 is 0 Å². The Bertz CT molecular complexity index is 1780. The summed E-state index contributed by atoms with van der Waals surface area (Å²) >= 11 is 0. The van der Waals surface area contributed by atoms with Gasteiger partial charge in [-0.2, -0.15) is 5.10 Å². The Morgan fingerprint density at radius 3 is 2.50 bits per heavy atom. The normalized spacial score (nSPS) is 18.2. The van der Waals surface area contributed by atoms with Gasteiger partial charge in [0.25, 0.3) is 0 Å². The fourth-order valence-corrected chi connectivity index (χ4v) is 7.46. The minimum Gasteiger partial charge on any atom is -0.486 e. The molecule has 8 heteroatoms. The first kappa shape index (κ1) is 30.2. The van der Waals surface area contributed by atoms with Crippen LogP contribution in [-0.2, 0) is 17.6 Å². The third-order valence-electron chi connectivity index (χ3n) is 9.95. The largest absolute Gasteiger partial charge is 0.486 e. The van der Waals surface area contributed by atoms with Crippen LogP contribution in [0.25, 0.3) is 17.1 Å². The van der Waals surface area contributed by atoms with Gasteiger partial charge in [0.05, 0.1) is 17.6 Å². The number of carboxylic acids is 1. The minimum absolute atomic E-state index is 0.0402. The molecule has 1 unspecified atom stereocenters. The van der Waals surface area contributed by atoms with Gasteiger partial charge in [-0.3, -0.25) is 4.79 Å². The van der Waals surface area contributed by atoms with Gasteiger partial charge in [-0.1, -0.05) is 51.1 Å². The van der Waals surface area contributed by atoms with E-state index in [2.05, 4.69) is 53.3 Å². The summed E-state index contributed by atoms with van der Waals surface area (Å²) in [6.07, 6.45) is 8.24. The predicted molar refractivity (Wildman–Crippen MR) is 177 cm³/mol. The zero-order valence-corrected chi connectivity index (χ0v) is 26.9. The van der Waals surface area contributed by atoms with Crippen molar-refractivity contribution in [2.45, 2.75) is 83.7 Å². The highest BCUT2D eigenvalue weighted by atomic mass is 16.5. The van der Waals surface area contributed by atoms with Gasteiger partial charge in [-0.15, -0.1) is 0 Å². The van der Waals surface area contributed by atoms with Crippen LogP contribution in [0.15, 0.2) is 60.8 Å². The van der Waals surface area contributed by atoms with Crippen molar-refractivity contribution in [2.24, 2.45) is 5.92 Å². The number of hydrogen-bond donors (Lipinski definition) is 1. The van der Waals surface area contributed by atoms with E-state index in [1.807, 2.05) is 32.0 Å². The van der Waals surface area contributed by atoms with Crippen molar-refractivity contribution in [1.29, 1.82) is 0 Å². The second kappa shape index (κ2) is 12.4. The van der Waals surface area contributed by atoms with Crippen LogP contribution in [0.3, 0.4) is 0 Å². The van der Waals surface area contributed by atoms with Crippen molar-refractivity contribution in [1.82, 2.24) is 19.7 Å². The van der Waals surface area contributed by atoms with Gasteiger partial charge in [0, 0.05) is 30.1 Å². The highest BCUT2D eigenvalue weighted by molar-refractivity contribution is 5.89. The van der Waals surface area contributed by atoms with Crippen LogP contribution in [0.4, 0.5) is 0 Å². The fraction of sp³-hybridized carbons (Fsp3) is 0.421. The number of carbonyl (C=O) groups excluding carboxylic acids is 1. The summed E-state index contributed by atoms with van der Waals surface area (Å²) < 4.78 is 8.41. The smallest absolute Gasteiger partial charge is 0.339 e. The van der Waals surface area contributed by atoms with Crippen molar-refractivity contribution in [3.63, 3.8) is 0 Å². The topological polar surface area (TPSA) is 97.6 Å². The number of piperidine rings is 1. The number of carbonyl (C=O) groups is 2. The molecule has 1 amide bonds. The second-order valence-corrected chi connectivity index (χ2v) is 13.3. The molecule has 3 aliphatic rings.